The van der Waals surface area contributed by atoms with Crippen LogP contribution in [0.5, 0.6) is 0 Å². The van der Waals surface area contributed by atoms with E-state index in [1.807, 2.05) is 67.7 Å². The van der Waals surface area contributed by atoms with Gasteiger partial charge in [-0.3, -0.25) is 4.90 Å². The topological polar surface area (TPSA) is 29.5 Å². The predicted octanol–water partition coefficient (Wildman–Crippen LogP) is 3.35. The number of carbonyl (C=O) groups excluding carboxylic acids is 1. The molecule has 3 atom stereocenters. The summed E-state index contributed by atoms with van der Waals surface area (Å²) in [6.45, 7) is 2.10. The number of hydrogen-bond donors (Lipinski definition) is 0. The van der Waals surface area contributed by atoms with Crippen LogP contribution in [-0.2, 0) is 9.53 Å². The lowest BCUT2D eigenvalue weighted by Crippen LogP contribution is -2.47. The van der Waals surface area contributed by atoms with Crippen LogP contribution in [0, 0.1) is 0 Å². The molecule has 1 saturated heterocycles. The number of ether oxygens (including phenoxy) is 1. The van der Waals surface area contributed by atoms with Gasteiger partial charge < -0.3 is 4.74 Å². The van der Waals surface area contributed by atoms with E-state index in [0.717, 1.165) is 11.1 Å². The maximum absolute atomic E-state index is 12.5. The molecule has 0 N–H and O–H groups in total. The molecule has 1 aliphatic rings. The molecule has 0 bridgehead atoms. The second kappa shape index (κ2) is 5.70. The lowest BCUT2D eigenvalue weighted by Gasteiger charge is -2.41. The summed E-state index contributed by atoms with van der Waals surface area (Å²) in [5, 5.41) is 0. The van der Waals surface area contributed by atoms with Crippen molar-refractivity contribution in [3.05, 3.63) is 71.8 Å². The van der Waals surface area contributed by atoms with Crippen molar-refractivity contribution in [1.82, 2.24) is 4.90 Å². The number of likely N-dealkylation sites (N-methyl/N-ethyl adjacent to an activating group) is 1. The third-order valence-corrected chi connectivity index (χ3v) is 4.20. The molecule has 2 aromatic carbocycles. The Balaban J connectivity index is 1.90. The largest absolute Gasteiger partial charge is 0.454 e. The first-order valence-electron chi connectivity index (χ1n) is 7.21. The minimum atomic E-state index is -0.332. The van der Waals surface area contributed by atoms with Gasteiger partial charge in [-0.05, 0) is 25.1 Å². The fourth-order valence-electron chi connectivity index (χ4n) is 2.90. The molecule has 0 saturated carbocycles. The van der Waals surface area contributed by atoms with Crippen molar-refractivity contribution in [3.63, 3.8) is 0 Å². The van der Waals surface area contributed by atoms with Crippen LogP contribution in [0.2, 0.25) is 0 Å². The van der Waals surface area contributed by atoms with Gasteiger partial charge in [0.15, 0.2) is 0 Å². The van der Waals surface area contributed by atoms with Gasteiger partial charge in [-0.1, -0.05) is 60.7 Å². The van der Waals surface area contributed by atoms with E-state index in [4.69, 9.17) is 4.74 Å². The zero-order chi connectivity index (χ0) is 14.8. The van der Waals surface area contributed by atoms with Gasteiger partial charge in [0, 0.05) is 6.04 Å². The van der Waals surface area contributed by atoms with Crippen LogP contribution >= 0.6 is 0 Å². The van der Waals surface area contributed by atoms with Crippen LogP contribution in [0.3, 0.4) is 0 Å². The van der Waals surface area contributed by atoms with Gasteiger partial charge in [0.1, 0.15) is 12.1 Å². The molecule has 3 heteroatoms. The molecule has 1 aliphatic heterocycles. The summed E-state index contributed by atoms with van der Waals surface area (Å²) in [5.41, 5.74) is 2.01. The highest BCUT2D eigenvalue weighted by Crippen LogP contribution is 2.36. The highest BCUT2D eigenvalue weighted by Gasteiger charge is 2.40. The highest BCUT2D eigenvalue weighted by atomic mass is 16.5. The number of nitrogens with zero attached hydrogens (tertiary/aromatic N) is 1. The second-order valence-corrected chi connectivity index (χ2v) is 5.49. The molecular formula is C18H19NO2. The Hall–Kier alpha value is -2.13. The van der Waals surface area contributed by atoms with Crippen LogP contribution in [0.15, 0.2) is 60.7 Å². The van der Waals surface area contributed by atoms with E-state index < -0.39 is 0 Å². The van der Waals surface area contributed by atoms with E-state index >= 15 is 0 Å². The van der Waals surface area contributed by atoms with Crippen LogP contribution < -0.4 is 0 Å². The van der Waals surface area contributed by atoms with Gasteiger partial charge >= 0.3 is 5.97 Å². The average molecular weight is 281 g/mol. The smallest absolute Gasteiger partial charge is 0.328 e. The normalized spacial score (nSPS) is 26.4. The molecule has 0 aliphatic carbocycles. The van der Waals surface area contributed by atoms with Crippen LogP contribution in [-0.4, -0.2) is 24.0 Å². The molecule has 0 radical (unpaired) electrons. The Bertz CT molecular complexity index is 612. The van der Waals surface area contributed by atoms with Crippen molar-refractivity contribution in [2.75, 3.05) is 7.05 Å². The van der Waals surface area contributed by atoms with Crippen LogP contribution in [0.1, 0.15) is 30.2 Å². The Labute approximate surface area is 125 Å². The minimum absolute atomic E-state index is 0.121. The standard InChI is InChI=1S/C18H19NO2/c1-13-17(15-11-7-4-8-12-15)21-18(20)16(19(13)2)14-9-5-3-6-10-14/h3-13,16-17H,1-2H3. The van der Waals surface area contributed by atoms with Gasteiger partial charge in [-0.15, -0.1) is 0 Å². The quantitative estimate of drug-likeness (QED) is 0.791. The summed E-state index contributed by atoms with van der Waals surface area (Å²) in [6, 6.07) is 19.5. The molecule has 3 nitrogen and oxygen atoms in total. The van der Waals surface area contributed by atoms with Crippen LogP contribution in [0.4, 0.5) is 0 Å². The van der Waals surface area contributed by atoms with Gasteiger partial charge in [0.2, 0.25) is 0 Å². The lowest BCUT2D eigenvalue weighted by molar-refractivity contribution is -0.172. The van der Waals surface area contributed by atoms with Crippen LogP contribution in [0.25, 0.3) is 0 Å². The molecule has 108 valence electrons. The molecule has 0 aromatic heterocycles. The number of morpholine rings is 1. The highest BCUT2D eigenvalue weighted by molar-refractivity contribution is 5.78. The van der Waals surface area contributed by atoms with E-state index in [2.05, 4.69) is 11.8 Å². The molecule has 1 heterocycles. The molecule has 21 heavy (non-hydrogen) atoms. The zero-order valence-electron chi connectivity index (χ0n) is 12.3. The maximum Gasteiger partial charge on any atom is 0.328 e. The molecular weight excluding hydrogens is 262 g/mol. The van der Waals surface area contributed by atoms with E-state index in [1.165, 1.54) is 0 Å². The summed E-state index contributed by atoms with van der Waals surface area (Å²) in [4.78, 5) is 14.6. The Morgan fingerprint density at radius 3 is 2.00 bits per heavy atom. The maximum atomic E-state index is 12.5. The van der Waals surface area contributed by atoms with Crippen molar-refractivity contribution in [1.29, 1.82) is 0 Å². The summed E-state index contributed by atoms with van der Waals surface area (Å²) >= 11 is 0. The van der Waals surface area contributed by atoms with E-state index in [9.17, 15) is 4.79 Å². The Morgan fingerprint density at radius 2 is 1.43 bits per heavy atom. The first-order valence-corrected chi connectivity index (χ1v) is 7.21. The molecule has 3 rings (SSSR count). The number of rotatable bonds is 2. The van der Waals surface area contributed by atoms with E-state index in [1.54, 1.807) is 0 Å². The van der Waals surface area contributed by atoms with Crippen molar-refractivity contribution >= 4 is 5.97 Å². The third kappa shape index (κ3) is 2.57. The fraction of sp³-hybridized carbons (Fsp3) is 0.278. The summed E-state index contributed by atoms with van der Waals surface area (Å²) in [5.74, 6) is -0.185. The SMILES string of the molecule is CC1C(c2ccccc2)OC(=O)C(c2ccccc2)N1C. The molecule has 3 unspecified atom stereocenters. The van der Waals surface area contributed by atoms with Crippen molar-refractivity contribution in [3.8, 4) is 0 Å². The number of carbonyl (C=O) groups is 1. The number of esters is 1. The Kier molecular flexibility index (Phi) is 3.76. The third-order valence-electron chi connectivity index (χ3n) is 4.20. The van der Waals surface area contributed by atoms with E-state index in [-0.39, 0.29) is 24.2 Å². The minimum Gasteiger partial charge on any atom is -0.454 e. The molecule has 0 amide bonds. The molecule has 0 spiro atoms. The van der Waals surface area contributed by atoms with Gasteiger partial charge in [-0.2, -0.15) is 0 Å². The van der Waals surface area contributed by atoms with Crippen molar-refractivity contribution in [2.45, 2.75) is 25.1 Å². The summed E-state index contributed by atoms with van der Waals surface area (Å²) in [7, 11) is 1.98. The van der Waals surface area contributed by atoms with E-state index in [0.29, 0.717) is 0 Å². The van der Waals surface area contributed by atoms with Crippen molar-refractivity contribution in [2.24, 2.45) is 0 Å². The average Bonchev–Trinajstić information content (AvgIpc) is 2.53. The van der Waals surface area contributed by atoms with Gasteiger partial charge in [-0.25, -0.2) is 4.79 Å². The Morgan fingerprint density at radius 1 is 0.905 bits per heavy atom. The molecule has 1 fully saturated rings. The summed E-state index contributed by atoms with van der Waals surface area (Å²) in [6.07, 6.45) is -0.219. The predicted molar refractivity (Wildman–Crippen MR) is 81.7 cm³/mol. The second-order valence-electron chi connectivity index (χ2n) is 5.49. The molecule has 2 aromatic rings. The first kappa shape index (κ1) is 13.8. The van der Waals surface area contributed by atoms with Gasteiger partial charge in [0.05, 0.1) is 0 Å². The number of benzene rings is 2. The van der Waals surface area contributed by atoms with Gasteiger partial charge in [0.25, 0.3) is 0 Å². The van der Waals surface area contributed by atoms with Crippen molar-refractivity contribution < 1.29 is 9.53 Å². The number of hydrogen-bond acceptors (Lipinski definition) is 3. The zero-order valence-corrected chi connectivity index (χ0v) is 12.3. The lowest BCUT2D eigenvalue weighted by atomic mass is 9.96. The number of cyclic esters (lactones) is 1. The first-order chi connectivity index (χ1) is 10.2. The summed E-state index contributed by atoms with van der Waals surface area (Å²) < 4.78 is 5.74. The fourth-order valence-corrected chi connectivity index (χ4v) is 2.90. The monoisotopic (exact) mass is 281 g/mol.